The molecule has 0 fully saturated rings. The number of carbonyl (C=O) groups is 1. The lowest BCUT2D eigenvalue weighted by Gasteiger charge is -2.06. The number of nitrogens with one attached hydrogen (secondary N) is 1. The van der Waals surface area contributed by atoms with Gasteiger partial charge in [0.15, 0.2) is 0 Å². The van der Waals surface area contributed by atoms with Crippen LogP contribution in [0.15, 0.2) is 47.6 Å². The number of ether oxygens (including phenoxy) is 2. The summed E-state index contributed by atoms with van der Waals surface area (Å²) in [5.41, 5.74) is 3.90. The molecule has 0 bridgehead atoms. The second kappa shape index (κ2) is 8.52. The zero-order valence-electron chi connectivity index (χ0n) is 12.9. The molecule has 2 aromatic rings. The molecule has 0 unspecified atom stereocenters. The van der Waals surface area contributed by atoms with Crippen LogP contribution in [-0.4, -0.2) is 25.8 Å². The van der Waals surface area contributed by atoms with Crippen molar-refractivity contribution in [2.24, 2.45) is 5.10 Å². The summed E-state index contributed by atoms with van der Waals surface area (Å²) in [5.74, 6) is 1.27. The standard InChI is InChI=1S/C17H17IN2O3/c1-3-23-16-9-4-12(10-15(16)18)11-19-20-17(21)13-5-7-14(22-2)8-6-13/h4-11H,3H2,1-2H3,(H,20,21)/b19-11-. The van der Waals surface area contributed by atoms with Gasteiger partial charge in [0, 0.05) is 5.56 Å². The summed E-state index contributed by atoms with van der Waals surface area (Å²) in [6.45, 7) is 2.57. The molecule has 0 radical (unpaired) electrons. The number of hydrazone groups is 1. The van der Waals surface area contributed by atoms with E-state index in [0.717, 1.165) is 14.9 Å². The third-order valence-corrected chi connectivity index (χ3v) is 3.83. The van der Waals surface area contributed by atoms with Crippen molar-refractivity contribution < 1.29 is 14.3 Å². The lowest BCUT2D eigenvalue weighted by atomic mass is 10.2. The molecule has 0 heterocycles. The Morgan fingerprint density at radius 3 is 2.61 bits per heavy atom. The molecule has 23 heavy (non-hydrogen) atoms. The fraction of sp³-hybridized carbons (Fsp3) is 0.176. The van der Waals surface area contributed by atoms with E-state index in [2.05, 4.69) is 33.1 Å². The maximum atomic E-state index is 12.0. The van der Waals surface area contributed by atoms with Crippen molar-refractivity contribution in [2.75, 3.05) is 13.7 Å². The minimum Gasteiger partial charge on any atom is -0.497 e. The van der Waals surface area contributed by atoms with Gasteiger partial charge < -0.3 is 9.47 Å². The summed E-state index contributed by atoms with van der Waals surface area (Å²) < 4.78 is 11.5. The molecule has 0 atom stereocenters. The number of hydrogen-bond donors (Lipinski definition) is 1. The van der Waals surface area contributed by atoms with Gasteiger partial charge in [-0.25, -0.2) is 5.43 Å². The average molecular weight is 424 g/mol. The highest BCUT2D eigenvalue weighted by Gasteiger charge is 2.04. The lowest BCUT2D eigenvalue weighted by molar-refractivity contribution is 0.0955. The maximum Gasteiger partial charge on any atom is 0.271 e. The van der Waals surface area contributed by atoms with Crippen LogP contribution >= 0.6 is 22.6 Å². The van der Waals surface area contributed by atoms with Gasteiger partial charge in [-0.1, -0.05) is 0 Å². The van der Waals surface area contributed by atoms with Crippen LogP contribution in [0.2, 0.25) is 0 Å². The molecule has 0 saturated carbocycles. The van der Waals surface area contributed by atoms with Crippen LogP contribution in [0.1, 0.15) is 22.8 Å². The minimum absolute atomic E-state index is 0.274. The van der Waals surface area contributed by atoms with E-state index < -0.39 is 0 Å². The van der Waals surface area contributed by atoms with Crippen LogP contribution in [0.3, 0.4) is 0 Å². The zero-order chi connectivity index (χ0) is 16.7. The summed E-state index contributed by atoms with van der Waals surface area (Å²) in [5, 5.41) is 3.98. The number of amides is 1. The number of rotatable bonds is 6. The molecule has 0 aliphatic carbocycles. The molecule has 1 N–H and O–H groups in total. The molecule has 0 aliphatic heterocycles. The molecule has 120 valence electrons. The Morgan fingerprint density at radius 2 is 2.00 bits per heavy atom. The first-order chi connectivity index (χ1) is 11.1. The van der Waals surface area contributed by atoms with Crippen LogP contribution in [0.4, 0.5) is 0 Å². The minimum atomic E-state index is -0.274. The van der Waals surface area contributed by atoms with E-state index in [0.29, 0.717) is 17.9 Å². The molecule has 0 saturated heterocycles. The smallest absolute Gasteiger partial charge is 0.271 e. The summed E-state index contributed by atoms with van der Waals surface area (Å²) in [7, 11) is 1.58. The Hall–Kier alpha value is -2.09. The van der Waals surface area contributed by atoms with Gasteiger partial charge in [0.2, 0.25) is 0 Å². The van der Waals surface area contributed by atoms with Crippen molar-refractivity contribution in [3.05, 3.63) is 57.2 Å². The van der Waals surface area contributed by atoms with Gasteiger partial charge in [-0.15, -0.1) is 0 Å². The van der Waals surface area contributed by atoms with Crippen LogP contribution in [-0.2, 0) is 0 Å². The van der Waals surface area contributed by atoms with E-state index in [4.69, 9.17) is 9.47 Å². The Labute approximate surface area is 148 Å². The summed E-state index contributed by atoms with van der Waals surface area (Å²) in [6, 6.07) is 12.5. The van der Waals surface area contributed by atoms with E-state index >= 15 is 0 Å². The largest absolute Gasteiger partial charge is 0.497 e. The first-order valence-electron chi connectivity index (χ1n) is 7.04. The zero-order valence-corrected chi connectivity index (χ0v) is 15.0. The summed E-state index contributed by atoms with van der Waals surface area (Å²) in [4.78, 5) is 12.0. The fourth-order valence-corrected chi connectivity index (χ4v) is 2.54. The van der Waals surface area contributed by atoms with Crippen LogP contribution in [0.25, 0.3) is 0 Å². The highest BCUT2D eigenvalue weighted by Crippen LogP contribution is 2.21. The molecule has 5 nitrogen and oxygen atoms in total. The molecule has 6 heteroatoms. The molecule has 0 aliphatic rings. The van der Waals surface area contributed by atoms with Crippen LogP contribution in [0.5, 0.6) is 11.5 Å². The number of halogens is 1. The van der Waals surface area contributed by atoms with E-state index in [-0.39, 0.29) is 5.91 Å². The molecular weight excluding hydrogens is 407 g/mol. The monoisotopic (exact) mass is 424 g/mol. The third kappa shape index (κ3) is 4.95. The van der Waals surface area contributed by atoms with E-state index in [1.54, 1.807) is 37.6 Å². The SMILES string of the molecule is CCOc1ccc(/C=N\NC(=O)c2ccc(OC)cc2)cc1I. The number of hydrogen-bond acceptors (Lipinski definition) is 4. The first-order valence-corrected chi connectivity index (χ1v) is 8.11. The second-order valence-electron chi connectivity index (χ2n) is 4.55. The van der Waals surface area contributed by atoms with Gasteiger partial charge in [-0.2, -0.15) is 5.10 Å². The van der Waals surface area contributed by atoms with E-state index in [9.17, 15) is 4.79 Å². The van der Waals surface area contributed by atoms with Crippen LogP contribution in [0, 0.1) is 3.57 Å². The maximum absolute atomic E-state index is 12.0. The number of benzene rings is 2. The van der Waals surface area contributed by atoms with Crippen molar-refractivity contribution in [2.45, 2.75) is 6.92 Å². The quantitative estimate of drug-likeness (QED) is 0.439. The van der Waals surface area contributed by atoms with Crippen molar-refractivity contribution in [1.82, 2.24) is 5.43 Å². The normalized spacial score (nSPS) is 10.6. The molecule has 2 rings (SSSR count). The third-order valence-electron chi connectivity index (χ3n) is 2.99. The highest BCUT2D eigenvalue weighted by atomic mass is 127. The van der Waals surface area contributed by atoms with Gasteiger partial charge in [0.05, 0.1) is 23.5 Å². The number of carbonyl (C=O) groups excluding carboxylic acids is 1. The van der Waals surface area contributed by atoms with Gasteiger partial charge in [-0.3, -0.25) is 4.79 Å². The molecule has 2 aromatic carbocycles. The van der Waals surface area contributed by atoms with Crippen molar-refractivity contribution in [1.29, 1.82) is 0 Å². The number of nitrogens with zero attached hydrogens (tertiary/aromatic N) is 1. The van der Waals surface area contributed by atoms with Gasteiger partial charge >= 0.3 is 0 Å². The molecule has 0 aromatic heterocycles. The lowest BCUT2D eigenvalue weighted by Crippen LogP contribution is -2.17. The van der Waals surface area contributed by atoms with Crippen molar-refractivity contribution >= 4 is 34.7 Å². The predicted octanol–water partition coefficient (Wildman–Crippen LogP) is 3.46. The average Bonchev–Trinajstić information content (AvgIpc) is 2.57. The summed E-state index contributed by atoms with van der Waals surface area (Å²) >= 11 is 2.20. The van der Waals surface area contributed by atoms with Gasteiger partial charge in [0.1, 0.15) is 11.5 Å². The van der Waals surface area contributed by atoms with E-state index in [1.165, 1.54) is 0 Å². The van der Waals surface area contributed by atoms with Crippen molar-refractivity contribution in [3.63, 3.8) is 0 Å². The first kappa shape index (κ1) is 17.3. The Morgan fingerprint density at radius 1 is 1.26 bits per heavy atom. The topological polar surface area (TPSA) is 59.9 Å². The molecule has 0 spiro atoms. The predicted molar refractivity (Wildman–Crippen MR) is 98.4 cm³/mol. The van der Waals surface area contributed by atoms with Gasteiger partial charge in [-0.05, 0) is 77.5 Å². The highest BCUT2D eigenvalue weighted by molar-refractivity contribution is 14.1. The Kier molecular flexibility index (Phi) is 6.40. The van der Waals surface area contributed by atoms with Crippen molar-refractivity contribution in [3.8, 4) is 11.5 Å². The fourth-order valence-electron chi connectivity index (χ4n) is 1.84. The Balaban J connectivity index is 1.97. The Bertz CT molecular complexity index is 699. The summed E-state index contributed by atoms with van der Waals surface area (Å²) in [6.07, 6.45) is 1.60. The molecular formula is C17H17IN2O3. The van der Waals surface area contributed by atoms with Gasteiger partial charge in [0.25, 0.3) is 5.91 Å². The number of methoxy groups -OCH3 is 1. The van der Waals surface area contributed by atoms with Crippen LogP contribution < -0.4 is 14.9 Å². The van der Waals surface area contributed by atoms with E-state index in [1.807, 2.05) is 25.1 Å². The molecule has 1 amide bonds. The second-order valence-corrected chi connectivity index (χ2v) is 5.71.